The van der Waals surface area contributed by atoms with Crippen molar-refractivity contribution in [1.29, 1.82) is 0 Å². The average molecular weight is 258 g/mol. The summed E-state index contributed by atoms with van der Waals surface area (Å²) in [4.78, 5) is 11.9. The Morgan fingerprint density at radius 2 is 2.11 bits per heavy atom. The van der Waals surface area contributed by atoms with Crippen LogP contribution in [0.4, 0.5) is 0 Å². The lowest BCUT2D eigenvalue weighted by Crippen LogP contribution is -2.32. The van der Waals surface area contributed by atoms with Crippen LogP contribution in [0, 0.1) is 6.92 Å². The van der Waals surface area contributed by atoms with Crippen LogP contribution < -0.4 is 11.1 Å². The van der Waals surface area contributed by atoms with Crippen LogP contribution in [0.1, 0.15) is 27.8 Å². The Bertz CT molecular complexity index is 543. The molecule has 1 atom stereocenters. The summed E-state index contributed by atoms with van der Waals surface area (Å²) in [6, 6.07) is 11.2. The van der Waals surface area contributed by atoms with E-state index in [2.05, 4.69) is 10.4 Å². The molecule has 0 spiro atoms. The van der Waals surface area contributed by atoms with Crippen LogP contribution in [0.25, 0.3) is 0 Å². The number of hydrogen-bond acceptors (Lipinski definition) is 3. The number of nitrogens with zero attached hydrogens (tertiary/aromatic N) is 2. The van der Waals surface area contributed by atoms with Crippen molar-refractivity contribution in [2.24, 2.45) is 12.8 Å². The minimum atomic E-state index is -0.213. The van der Waals surface area contributed by atoms with Gasteiger partial charge in [-0.15, -0.1) is 0 Å². The second-order valence-corrected chi connectivity index (χ2v) is 4.52. The van der Waals surface area contributed by atoms with Gasteiger partial charge in [-0.25, -0.2) is 0 Å². The molecule has 2 rings (SSSR count). The highest BCUT2D eigenvalue weighted by Gasteiger charge is 2.12. The Balaban J connectivity index is 1.94. The first kappa shape index (κ1) is 13.3. The van der Waals surface area contributed by atoms with Crippen LogP contribution >= 0.6 is 0 Å². The summed E-state index contributed by atoms with van der Waals surface area (Å²) in [5.74, 6) is -0.199. The topological polar surface area (TPSA) is 72.9 Å². The zero-order chi connectivity index (χ0) is 13.8. The fraction of sp³-hybridized carbons (Fsp3) is 0.286. The number of amides is 1. The molecule has 0 fully saturated rings. The number of nitrogens with one attached hydrogen (secondary N) is 1. The number of aromatic nitrogens is 2. The first-order chi connectivity index (χ1) is 9.08. The molecule has 1 heterocycles. The van der Waals surface area contributed by atoms with Gasteiger partial charge in [0.2, 0.25) is 0 Å². The smallest absolute Gasteiger partial charge is 0.271 e. The van der Waals surface area contributed by atoms with E-state index in [0.29, 0.717) is 12.2 Å². The molecule has 0 saturated carbocycles. The third-order valence-corrected chi connectivity index (χ3v) is 3.06. The Hall–Kier alpha value is -2.14. The maximum Gasteiger partial charge on any atom is 0.271 e. The van der Waals surface area contributed by atoms with Crippen LogP contribution in [0.2, 0.25) is 0 Å². The minimum absolute atomic E-state index is 0.199. The van der Waals surface area contributed by atoms with Gasteiger partial charge in [0.25, 0.3) is 5.91 Å². The molecule has 0 radical (unpaired) electrons. The monoisotopic (exact) mass is 258 g/mol. The van der Waals surface area contributed by atoms with Crippen LogP contribution in [-0.2, 0) is 7.05 Å². The molecular formula is C14H18N4O. The molecule has 1 aromatic carbocycles. The Kier molecular flexibility index (Phi) is 3.97. The fourth-order valence-electron chi connectivity index (χ4n) is 1.78. The Morgan fingerprint density at radius 1 is 1.42 bits per heavy atom. The van der Waals surface area contributed by atoms with Crippen molar-refractivity contribution in [3.05, 3.63) is 53.3 Å². The molecule has 100 valence electrons. The molecule has 0 aliphatic rings. The van der Waals surface area contributed by atoms with Crippen LogP contribution in [0.3, 0.4) is 0 Å². The second-order valence-electron chi connectivity index (χ2n) is 4.52. The number of carbonyl (C=O) groups excluding carboxylic acids is 1. The molecule has 5 heteroatoms. The van der Waals surface area contributed by atoms with Gasteiger partial charge in [-0.2, -0.15) is 5.10 Å². The van der Waals surface area contributed by atoms with E-state index in [1.54, 1.807) is 10.7 Å². The maximum absolute atomic E-state index is 11.9. The van der Waals surface area contributed by atoms with Crippen molar-refractivity contribution in [3.8, 4) is 0 Å². The fourth-order valence-corrected chi connectivity index (χ4v) is 1.78. The third-order valence-electron chi connectivity index (χ3n) is 3.06. The highest BCUT2D eigenvalue weighted by atomic mass is 16.1. The van der Waals surface area contributed by atoms with Gasteiger partial charge in [-0.1, -0.05) is 30.3 Å². The Labute approximate surface area is 112 Å². The Morgan fingerprint density at radius 3 is 2.68 bits per heavy atom. The van der Waals surface area contributed by atoms with E-state index in [4.69, 9.17) is 5.73 Å². The van der Waals surface area contributed by atoms with E-state index < -0.39 is 0 Å². The van der Waals surface area contributed by atoms with E-state index in [-0.39, 0.29) is 11.9 Å². The summed E-state index contributed by atoms with van der Waals surface area (Å²) in [6.07, 6.45) is 0. The minimum Gasteiger partial charge on any atom is -0.349 e. The van der Waals surface area contributed by atoms with E-state index >= 15 is 0 Å². The van der Waals surface area contributed by atoms with Crippen molar-refractivity contribution < 1.29 is 4.79 Å². The van der Waals surface area contributed by atoms with Crippen molar-refractivity contribution in [3.63, 3.8) is 0 Å². The summed E-state index contributed by atoms with van der Waals surface area (Å²) in [7, 11) is 1.81. The van der Waals surface area contributed by atoms with Gasteiger partial charge in [0.05, 0.1) is 0 Å². The molecule has 3 N–H and O–H groups in total. The van der Waals surface area contributed by atoms with Crippen LogP contribution in [0.5, 0.6) is 0 Å². The molecule has 19 heavy (non-hydrogen) atoms. The first-order valence-corrected chi connectivity index (χ1v) is 6.17. The highest BCUT2D eigenvalue weighted by Crippen LogP contribution is 2.08. The zero-order valence-electron chi connectivity index (χ0n) is 11.1. The number of rotatable bonds is 4. The predicted molar refractivity (Wildman–Crippen MR) is 73.6 cm³/mol. The number of aryl methyl sites for hydroxylation is 2. The average Bonchev–Trinajstić information content (AvgIpc) is 2.77. The first-order valence-electron chi connectivity index (χ1n) is 6.17. The van der Waals surface area contributed by atoms with Gasteiger partial charge < -0.3 is 11.1 Å². The summed E-state index contributed by atoms with van der Waals surface area (Å²) >= 11 is 0. The lowest BCUT2D eigenvalue weighted by atomic mass is 10.1. The highest BCUT2D eigenvalue weighted by molar-refractivity contribution is 5.92. The molecule has 0 aliphatic heterocycles. The summed E-state index contributed by atoms with van der Waals surface area (Å²) in [5, 5.41) is 6.92. The van der Waals surface area contributed by atoms with Gasteiger partial charge in [-0.05, 0) is 18.6 Å². The summed E-state index contributed by atoms with van der Waals surface area (Å²) in [5.41, 5.74) is 8.38. The lowest BCUT2D eigenvalue weighted by molar-refractivity contribution is 0.0945. The molecule has 5 nitrogen and oxygen atoms in total. The van der Waals surface area contributed by atoms with Gasteiger partial charge in [0, 0.05) is 25.3 Å². The molecule has 0 saturated heterocycles. The molecule has 1 aromatic heterocycles. The van der Waals surface area contributed by atoms with E-state index in [1.165, 1.54) is 0 Å². The largest absolute Gasteiger partial charge is 0.349 e. The van der Waals surface area contributed by atoms with Crippen LogP contribution in [0.15, 0.2) is 36.4 Å². The molecule has 1 amide bonds. The standard InChI is InChI=1S/C14H18N4O/c1-10-8-13(17-18(10)2)14(19)16-9-12(15)11-6-4-3-5-7-11/h3-8,12H,9,15H2,1-2H3,(H,16,19). The van der Waals surface area contributed by atoms with Gasteiger partial charge in [-0.3, -0.25) is 9.48 Å². The molecule has 0 aliphatic carbocycles. The number of nitrogens with two attached hydrogens (primary N) is 1. The predicted octanol–water partition coefficient (Wildman–Crippen LogP) is 1.16. The summed E-state index contributed by atoms with van der Waals surface area (Å²) < 4.78 is 1.67. The third kappa shape index (κ3) is 3.20. The van der Waals surface area contributed by atoms with Crippen molar-refractivity contribution in [2.75, 3.05) is 6.54 Å². The van der Waals surface area contributed by atoms with E-state index in [1.807, 2.05) is 44.3 Å². The van der Waals surface area contributed by atoms with Gasteiger partial charge in [0.1, 0.15) is 5.69 Å². The normalized spacial score (nSPS) is 12.2. The van der Waals surface area contributed by atoms with Crippen LogP contribution in [-0.4, -0.2) is 22.2 Å². The molecule has 0 bridgehead atoms. The lowest BCUT2D eigenvalue weighted by Gasteiger charge is -2.12. The number of benzene rings is 1. The van der Waals surface area contributed by atoms with Crippen molar-refractivity contribution in [2.45, 2.75) is 13.0 Å². The number of carbonyl (C=O) groups is 1. The quantitative estimate of drug-likeness (QED) is 0.864. The zero-order valence-corrected chi connectivity index (χ0v) is 11.1. The summed E-state index contributed by atoms with van der Waals surface area (Å²) in [6.45, 7) is 2.29. The van der Waals surface area contributed by atoms with Crippen molar-refractivity contribution >= 4 is 5.91 Å². The van der Waals surface area contributed by atoms with Gasteiger partial charge in [0.15, 0.2) is 0 Å². The number of hydrogen-bond donors (Lipinski definition) is 2. The second kappa shape index (κ2) is 5.67. The van der Waals surface area contributed by atoms with E-state index in [9.17, 15) is 4.79 Å². The maximum atomic E-state index is 11.9. The SMILES string of the molecule is Cc1cc(C(=O)NCC(N)c2ccccc2)nn1C. The van der Waals surface area contributed by atoms with Gasteiger partial charge >= 0.3 is 0 Å². The van der Waals surface area contributed by atoms with Crippen molar-refractivity contribution in [1.82, 2.24) is 15.1 Å². The molecule has 2 aromatic rings. The molecule has 1 unspecified atom stereocenters. The van der Waals surface area contributed by atoms with E-state index in [0.717, 1.165) is 11.3 Å². The molecular weight excluding hydrogens is 240 g/mol.